The SMILES string of the molecule is COC(=O)[C@H](O)c1ccc(F)c(Br)c1. The van der Waals surface area contributed by atoms with E-state index in [9.17, 15) is 14.3 Å². The zero-order chi connectivity index (χ0) is 10.7. The Kier molecular flexibility index (Phi) is 3.60. The Hall–Kier alpha value is -0.940. The normalized spacial score (nSPS) is 12.3. The quantitative estimate of drug-likeness (QED) is 0.827. The second-order valence-electron chi connectivity index (χ2n) is 2.60. The molecule has 0 radical (unpaired) electrons. The first kappa shape index (κ1) is 11.1. The predicted octanol–water partition coefficient (Wildman–Crippen LogP) is 1.79. The van der Waals surface area contributed by atoms with Crippen molar-refractivity contribution in [2.24, 2.45) is 0 Å². The van der Waals surface area contributed by atoms with Crippen molar-refractivity contribution in [1.29, 1.82) is 0 Å². The lowest BCUT2D eigenvalue weighted by Crippen LogP contribution is -2.13. The number of benzene rings is 1. The standard InChI is InChI=1S/C9H8BrFO3/c1-14-9(13)8(12)5-2-3-7(11)6(10)4-5/h2-4,8,12H,1H3/t8-/m1/s1. The lowest BCUT2D eigenvalue weighted by molar-refractivity contribution is -0.150. The summed E-state index contributed by atoms with van der Waals surface area (Å²) >= 11 is 2.95. The molecule has 0 unspecified atom stereocenters. The highest BCUT2D eigenvalue weighted by molar-refractivity contribution is 9.10. The minimum Gasteiger partial charge on any atom is -0.467 e. The van der Waals surface area contributed by atoms with E-state index in [-0.39, 0.29) is 10.0 Å². The maximum absolute atomic E-state index is 12.8. The minimum absolute atomic E-state index is 0.193. The van der Waals surface area contributed by atoms with Crippen LogP contribution in [0.4, 0.5) is 4.39 Å². The maximum atomic E-state index is 12.8. The zero-order valence-corrected chi connectivity index (χ0v) is 8.92. The third-order valence-electron chi connectivity index (χ3n) is 1.68. The summed E-state index contributed by atoms with van der Waals surface area (Å²) in [5, 5.41) is 9.39. The molecule has 1 N–H and O–H groups in total. The molecule has 1 rings (SSSR count). The molecule has 0 bridgehead atoms. The Bertz CT molecular complexity index is 354. The third-order valence-corrected chi connectivity index (χ3v) is 2.29. The maximum Gasteiger partial charge on any atom is 0.339 e. The molecular formula is C9H8BrFO3. The van der Waals surface area contributed by atoms with Gasteiger partial charge >= 0.3 is 5.97 Å². The number of aliphatic hydroxyl groups excluding tert-OH is 1. The Morgan fingerprint density at radius 2 is 2.29 bits per heavy atom. The molecule has 76 valence electrons. The number of carbonyl (C=O) groups excluding carboxylic acids is 1. The van der Waals surface area contributed by atoms with Crippen molar-refractivity contribution in [3.05, 3.63) is 34.1 Å². The highest BCUT2D eigenvalue weighted by Crippen LogP contribution is 2.21. The largest absolute Gasteiger partial charge is 0.467 e. The molecule has 0 saturated heterocycles. The third kappa shape index (κ3) is 2.30. The van der Waals surface area contributed by atoms with Gasteiger partial charge in [-0.1, -0.05) is 6.07 Å². The molecule has 14 heavy (non-hydrogen) atoms. The Morgan fingerprint density at radius 1 is 1.64 bits per heavy atom. The van der Waals surface area contributed by atoms with Crippen LogP contribution in [-0.2, 0) is 9.53 Å². The number of methoxy groups -OCH3 is 1. The monoisotopic (exact) mass is 262 g/mol. The fraction of sp³-hybridized carbons (Fsp3) is 0.222. The highest BCUT2D eigenvalue weighted by atomic mass is 79.9. The summed E-state index contributed by atoms with van der Waals surface area (Å²) in [5.74, 6) is -1.23. The average molecular weight is 263 g/mol. The molecule has 0 aliphatic carbocycles. The van der Waals surface area contributed by atoms with Crippen LogP contribution < -0.4 is 0 Å². The van der Waals surface area contributed by atoms with E-state index in [0.29, 0.717) is 0 Å². The topological polar surface area (TPSA) is 46.5 Å². The van der Waals surface area contributed by atoms with Gasteiger partial charge in [-0.3, -0.25) is 0 Å². The molecule has 0 amide bonds. The summed E-state index contributed by atoms with van der Waals surface area (Å²) < 4.78 is 17.3. The molecular weight excluding hydrogens is 255 g/mol. The molecule has 1 aromatic carbocycles. The Balaban J connectivity index is 2.96. The first-order chi connectivity index (χ1) is 6.56. The summed E-state index contributed by atoms with van der Waals surface area (Å²) in [4.78, 5) is 10.9. The van der Waals surface area contributed by atoms with Gasteiger partial charge in [-0.2, -0.15) is 0 Å². The smallest absolute Gasteiger partial charge is 0.339 e. The number of ether oxygens (including phenoxy) is 1. The van der Waals surface area contributed by atoms with Gasteiger partial charge in [0.2, 0.25) is 0 Å². The first-order valence-electron chi connectivity index (χ1n) is 3.77. The summed E-state index contributed by atoms with van der Waals surface area (Å²) in [5.41, 5.74) is 0.283. The minimum atomic E-state index is -1.38. The van der Waals surface area contributed by atoms with E-state index in [2.05, 4.69) is 20.7 Å². The Morgan fingerprint density at radius 3 is 2.79 bits per heavy atom. The van der Waals surface area contributed by atoms with Gasteiger partial charge in [-0.25, -0.2) is 9.18 Å². The molecule has 5 heteroatoms. The number of esters is 1. The van der Waals surface area contributed by atoms with Gasteiger partial charge in [0, 0.05) is 0 Å². The highest BCUT2D eigenvalue weighted by Gasteiger charge is 2.18. The molecule has 0 spiro atoms. The fourth-order valence-corrected chi connectivity index (χ4v) is 1.33. The van der Waals surface area contributed by atoms with Crippen LogP contribution >= 0.6 is 15.9 Å². The first-order valence-corrected chi connectivity index (χ1v) is 4.56. The van der Waals surface area contributed by atoms with Crippen LogP contribution in [0.5, 0.6) is 0 Å². The van der Waals surface area contributed by atoms with Gasteiger partial charge in [0.15, 0.2) is 6.10 Å². The summed E-state index contributed by atoms with van der Waals surface area (Å²) in [7, 11) is 1.17. The van der Waals surface area contributed by atoms with Gasteiger partial charge < -0.3 is 9.84 Å². The molecule has 1 aromatic rings. The van der Waals surface area contributed by atoms with Gasteiger partial charge in [-0.05, 0) is 33.6 Å². The van der Waals surface area contributed by atoms with Crippen LogP contribution in [0.1, 0.15) is 11.7 Å². The van der Waals surface area contributed by atoms with E-state index in [1.807, 2.05) is 0 Å². The van der Waals surface area contributed by atoms with Crippen molar-refractivity contribution in [1.82, 2.24) is 0 Å². The molecule has 0 aromatic heterocycles. The molecule has 0 saturated carbocycles. The molecule has 0 heterocycles. The summed E-state index contributed by atoms with van der Waals surface area (Å²) in [6.07, 6.45) is -1.38. The molecule has 0 aliphatic rings. The van der Waals surface area contributed by atoms with Crippen LogP contribution in [0.25, 0.3) is 0 Å². The van der Waals surface area contributed by atoms with E-state index in [4.69, 9.17) is 0 Å². The second kappa shape index (κ2) is 4.52. The summed E-state index contributed by atoms with van der Waals surface area (Å²) in [6.45, 7) is 0. The number of rotatable bonds is 2. The number of aliphatic hydroxyl groups is 1. The predicted molar refractivity (Wildman–Crippen MR) is 51.1 cm³/mol. The van der Waals surface area contributed by atoms with Crippen LogP contribution in [-0.4, -0.2) is 18.2 Å². The second-order valence-corrected chi connectivity index (χ2v) is 3.45. The van der Waals surface area contributed by atoms with E-state index in [1.165, 1.54) is 19.2 Å². The summed E-state index contributed by atoms with van der Waals surface area (Å²) in [6, 6.07) is 3.81. The fourth-order valence-electron chi connectivity index (χ4n) is 0.930. The van der Waals surface area contributed by atoms with Crippen molar-refractivity contribution < 1.29 is 19.0 Å². The van der Waals surface area contributed by atoms with Crippen molar-refractivity contribution in [3.8, 4) is 0 Å². The number of carbonyl (C=O) groups is 1. The number of hydrogen-bond donors (Lipinski definition) is 1. The van der Waals surface area contributed by atoms with Crippen LogP contribution in [0.3, 0.4) is 0 Å². The zero-order valence-electron chi connectivity index (χ0n) is 7.33. The number of halogens is 2. The van der Waals surface area contributed by atoms with E-state index in [0.717, 1.165) is 6.07 Å². The van der Waals surface area contributed by atoms with Crippen molar-refractivity contribution in [2.45, 2.75) is 6.10 Å². The van der Waals surface area contributed by atoms with Crippen molar-refractivity contribution >= 4 is 21.9 Å². The van der Waals surface area contributed by atoms with E-state index >= 15 is 0 Å². The number of hydrogen-bond acceptors (Lipinski definition) is 3. The van der Waals surface area contributed by atoms with Gasteiger partial charge in [0.25, 0.3) is 0 Å². The van der Waals surface area contributed by atoms with E-state index < -0.39 is 17.9 Å². The van der Waals surface area contributed by atoms with Gasteiger partial charge in [-0.15, -0.1) is 0 Å². The van der Waals surface area contributed by atoms with Gasteiger partial charge in [0.1, 0.15) is 5.82 Å². The van der Waals surface area contributed by atoms with Crippen LogP contribution in [0, 0.1) is 5.82 Å². The molecule has 0 aliphatic heterocycles. The average Bonchev–Trinajstić information content (AvgIpc) is 2.20. The lowest BCUT2D eigenvalue weighted by atomic mass is 10.1. The van der Waals surface area contributed by atoms with Crippen molar-refractivity contribution in [2.75, 3.05) is 7.11 Å². The Labute approximate surface area is 88.6 Å². The lowest BCUT2D eigenvalue weighted by Gasteiger charge is -2.08. The van der Waals surface area contributed by atoms with Crippen LogP contribution in [0.2, 0.25) is 0 Å². The van der Waals surface area contributed by atoms with Crippen LogP contribution in [0.15, 0.2) is 22.7 Å². The van der Waals surface area contributed by atoms with Crippen molar-refractivity contribution in [3.63, 3.8) is 0 Å². The van der Waals surface area contributed by atoms with Gasteiger partial charge in [0.05, 0.1) is 11.6 Å². The molecule has 3 nitrogen and oxygen atoms in total. The van der Waals surface area contributed by atoms with E-state index in [1.54, 1.807) is 0 Å². The molecule has 1 atom stereocenters. The molecule has 0 fully saturated rings.